The summed E-state index contributed by atoms with van der Waals surface area (Å²) in [4.78, 5) is 19.5. The normalized spacial score (nSPS) is 12.9. The van der Waals surface area contributed by atoms with Gasteiger partial charge >= 0.3 is 0 Å². The van der Waals surface area contributed by atoms with Crippen LogP contribution in [0.3, 0.4) is 0 Å². The SMILES string of the molecule is CN(C)C(=O)CNC(=NCc1cccc2c1OCCCO2)NCCSc1ccccc1.I. The molecule has 0 spiro atoms. The molecule has 0 aliphatic carbocycles. The Kier molecular flexibility index (Phi) is 11.5. The molecule has 9 heteroatoms. The van der Waals surface area contributed by atoms with E-state index in [4.69, 9.17) is 9.47 Å². The van der Waals surface area contributed by atoms with Gasteiger partial charge in [-0.25, -0.2) is 4.99 Å². The average Bonchev–Trinajstić information content (AvgIpc) is 3.04. The van der Waals surface area contributed by atoms with Crippen LogP contribution in [-0.2, 0) is 11.3 Å². The molecule has 174 valence electrons. The molecule has 0 saturated carbocycles. The average molecular weight is 570 g/mol. The Hall–Kier alpha value is -2.14. The summed E-state index contributed by atoms with van der Waals surface area (Å²) in [6.07, 6.45) is 0.859. The van der Waals surface area contributed by atoms with Crippen LogP contribution in [0.2, 0.25) is 0 Å². The predicted molar refractivity (Wildman–Crippen MR) is 140 cm³/mol. The van der Waals surface area contributed by atoms with Crippen molar-refractivity contribution in [1.82, 2.24) is 15.5 Å². The second kappa shape index (κ2) is 14.1. The minimum absolute atomic E-state index is 0. The van der Waals surface area contributed by atoms with E-state index in [1.165, 1.54) is 4.90 Å². The highest BCUT2D eigenvalue weighted by Crippen LogP contribution is 2.33. The monoisotopic (exact) mass is 570 g/mol. The third-order valence-electron chi connectivity index (χ3n) is 4.57. The van der Waals surface area contributed by atoms with Crippen molar-refractivity contribution in [3.63, 3.8) is 0 Å². The first-order chi connectivity index (χ1) is 15.1. The summed E-state index contributed by atoms with van der Waals surface area (Å²) < 4.78 is 11.7. The van der Waals surface area contributed by atoms with Crippen LogP contribution in [0, 0.1) is 0 Å². The fraction of sp³-hybridized carbons (Fsp3) is 0.391. The fourth-order valence-electron chi connectivity index (χ4n) is 2.89. The van der Waals surface area contributed by atoms with Gasteiger partial charge in [0.05, 0.1) is 26.3 Å². The summed E-state index contributed by atoms with van der Waals surface area (Å²) in [6.45, 7) is 2.60. The largest absolute Gasteiger partial charge is 0.490 e. The molecular formula is C23H31IN4O3S. The number of para-hydroxylation sites is 1. The van der Waals surface area contributed by atoms with E-state index in [-0.39, 0.29) is 36.4 Å². The number of nitrogens with one attached hydrogen (secondary N) is 2. The van der Waals surface area contributed by atoms with Crippen LogP contribution in [0.1, 0.15) is 12.0 Å². The molecule has 0 radical (unpaired) electrons. The van der Waals surface area contributed by atoms with Crippen molar-refractivity contribution >= 4 is 47.6 Å². The summed E-state index contributed by atoms with van der Waals surface area (Å²) in [7, 11) is 3.47. The fourth-order valence-corrected chi connectivity index (χ4v) is 3.68. The van der Waals surface area contributed by atoms with E-state index < -0.39 is 0 Å². The van der Waals surface area contributed by atoms with Gasteiger partial charge in [-0.3, -0.25) is 4.79 Å². The molecule has 2 aromatic carbocycles. The topological polar surface area (TPSA) is 75.2 Å². The third-order valence-corrected chi connectivity index (χ3v) is 5.59. The Morgan fingerprint density at radius 2 is 1.84 bits per heavy atom. The summed E-state index contributed by atoms with van der Waals surface area (Å²) >= 11 is 1.77. The van der Waals surface area contributed by atoms with E-state index in [2.05, 4.69) is 27.8 Å². The highest BCUT2D eigenvalue weighted by atomic mass is 127. The van der Waals surface area contributed by atoms with Gasteiger partial charge in [-0.15, -0.1) is 35.7 Å². The molecule has 0 atom stereocenters. The number of aliphatic imine (C=N–C) groups is 1. The van der Waals surface area contributed by atoms with Gasteiger partial charge < -0.3 is 25.0 Å². The second-order valence-electron chi connectivity index (χ2n) is 7.19. The smallest absolute Gasteiger partial charge is 0.241 e. The summed E-state index contributed by atoms with van der Waals surface area (Å²) in [5.41, 5.74) is 0.957. The molecule has 0 fully saturated rings. The molecule has 1 aliphatic rings. The zero-order chi connectivity index (χ0) is 21.9. The van der Waals surface area contributed by atoms with Gasteiger partial charge in [0.15, 0.2) is 17.5 Å². The van der Waals surface area contributed by atoms with Crippen molar-refractivity contribution in [2.24, 2.45) is 4.99 Å². The van der Waals surface area contributed by atoms with Crippen LogP contribution in [0.4, 0.5) is 0 Å². The Labute approximate surface area is 211 Å². The first-order valence-electron chi connectivity index (χ1n) is 10.4. The number of benzene rings is 2. The number of hydrogen-bond donors (Lipinski definition) is 2. The van der Waals surface area contributed by atoms with Gasteiger partial charge in [0, 0.05) is 43.3 Å². The number of halogens is 1. The first-order valence-corrected chi connectivity index (χ1v) is 11.4. The van der Waals surface area contributed by atoms with Crippen LogP contribution in [0.15, 0.2) is 58.4 Å². The van der Waals surface area contributed by atoms with E-state index in [1.807, 2.05) is 36.4 Å². The van der Waals surface area contributed by atoms with Crippen molar-refractivity contribution in [3.8, 4) is 11.5 Å². The molecule has 0 unspecified atom stereocenters. The van der Waals surface area contributed by atoms with E-state index in [1.54, 1.807) is 30.8 Å². The minimum atomic E-state index is -0.0153. The summed E-state index contributed by atoms with van der Waals surface area (Å²) in [5, 5.41) is 6.45. The van der Waals surface area contributed by atoms with Gasteiger partial charge in [-0.05, 0) is 18.2 Å². The molecule has 7 nitrogen and oxygen atoms in total. The number of guanidine groups is 1. The molecule has 1 aliphatic heterocycles. The maximum absolute atomic E-state index is 12.0. The third kappa shape index (κ3) is 8.42. The molecule has 3 rings (SSSR count). The Balaban J connectivity index is 0.00000363. The first kappa shape index (κ1) is 26.1. The number of thioether (sulfide) groups is 1. The number of nitrogens with zero attached hydrogens (tertiary/aromatic N) is 2. The van der Waals surface area contributed by atoms with Crippen molar-refractivity contribution in [2.45, 2.75) is 17.9 Å². The van der Waals surface area contributed by atoms with Gasteiger partial charge in [-0.2, -0.15) is 0 Å². The number of carbonyl (C=O) groups excluding carboxylic acids is 1. The zero-order valence-corrected chi connectivity index (χ0v) is 21.7. The number of fused-ring (bicyclic) bond motifs is 1. The van der Waals surface area contributed by atoms with Crippen LogP contribution in [-0.4, -0.2) is 62.9 Å². The predicted octanol–water partition coefficient (Wildman–Crippen LogP) is 3.38. The van der Waals surface area contributed by atoms with E-state index in [0.717, 1.165) is 29.2 Å². The van der Waals surface area contributed by atoms with Crippen molar-refractivity contribution in [2.75, 3.05) is 46.2 Å². The lowest BCUT2D eigenvalue weighted by molar-refractivity contribution is -0.127. The maximum atomic E-state index is 12.0. The molecule has 1 heterocycles. The van der Waals surface area contributed by atoms with E-state index in [9.17, 15) is 4.79 Å². The summed E-state index contributed by atoms with van der Waals surface area (Å²) in [6, 6.07) is 16.1. The minimum Gasteiger partial charge on any atom is -0.490 e. The number of carbonyl (C=O) groups is 1. The van der Waals surface area contributed by atoms with Crippen LogP contribution in [0.5, 0.6) is 11.5 Å². The lowest BCUT2D eigenvalue weighted by Crippen LogP contribution is -2.43. The molecule has 0 bridgehead atoms. The van der Waals surface area contributed by atoms with Gasteiger partial charge in [0.25, 0.3) is 0 Å². The van der Waals surface area contributed by atoms with Crippen molar-refractivity contribution in [3.05, 3.63) is 54.1 Å². The van der Waals surface area contributed by atoms with Crippen molar-refractivity contribution in [1.29, 1.82) is 0 Å². The molecule has 0 saturated heterocycles. The number of amides is 1. The molecule has 1 amide bonds. The van der Waals surface area contributed by atoms with Crippen LogP contribution < -0.4 is 20.1 Å². The number of rotatable bonds is 8. The number of ether oxygens (including phenoxy) is 2. The van der Waals surface area contributed by atoms with E-state index >= 15 is 0 Å². The zero-order valence-electron chi connectivity index (χ0n) is 18.5. The quantitative estimate of drug-likeness (QED) is 0.167. The second-order valence-corrected chi connectivity index (χ2v) is 8.36. The number of likely N-dealkylation sites (N-methyl/N-ethyl adjacent to an activating group) is 1. The standard InChI is InChI=1S/C23H30N4O3S.HI/c1-27(2)21(28)17-26-23(24-12-15-31-19-9-4-3-5-10-19)25-16-18-8-6-11-20-22(18)30-14-7-13-29-20;/h3-6,8-11H,7,12-17H2,1-2H3,(H2,24,25,26);1H. The highest BCUT2D eigenvalue weighted by molar-refractivity contribution is 14.0. The van der Waals surface area contributed by atoms with E-state index in [0.29, 0.717) is 32.3 Å². The van der Waals surface area contributed by atoms with Gasteiger partial charge in [0.1, 0.15) is 0 Å². The molecule has 2 N–H and O–H groups in total. The molecular weight excluding hydrogens is 539 g/mol. The van der Waals surface area contributed by atoms with Crippen LogP contribution >= 0.6 is 35.7 Å². The molecule has 0 aromatic heterocycles. The lowest BCUT2D eigenvalue weighted by atomic mass is 10.2. The Morgan fingerprint density at radius 3 is 2.62 bits per heavy atom. The highest BCUT2D eigenvalue weighted by Gasteiger charge is 2.14. The number of hydrogen-bond acceptors (Lipinski definition) is 5. The Bertz CT molecular complexity index is 881. The van der Waals surface area contributed by atoms with Gasteiger partial charge in [0.2, 0.25) is 5.91 Å². The molecule has 32 heavy (non-hydrogen) atoms. The van der Waals surface area contributed by atoms with Crippen LogP contribution in [0.25, 0.3) is 0 Å². The maximum Gasteiger partial charge on any atom is 0.241 e. The molecule has 2 aromatic rings. The lowest BCUT2D eigenvalue weighted by Gasteiger charge is -2.16. The van der Waals surface area contributed by atoms with Crippen molar-refractivity contribution < 1.29 is 14.3 Å². The summed E-state index contributed by atoms with van der Waals surface area (Å²) in [5.74, 6) is 2.97. The Morgan fingerprint density at radius 1 is 1.06 bits per heavy atom. The van der Waals surface area contributed by atoms with Gasteiger partial charge in [-0.1, -0.05) is 30.3 Å².